The first-order valence-corrected chi connectivity index (χ1v) is 10.4. The number of carbonyl (C=O) groups is 1. The van der Waals surface area contributed by atoms with Gasteiger partial charge in [0.15, 0.2) is 11.4 Å². The molecular weight excluding hydrogens is 430 g/mol. The Labute approximate surface area is 189 Å². The number of nitrogens with zero attached hydrogens (tertiary/aromatic N) is 1. The number of carbonyl (C=O) groups excluding carboxylic acids is 1. The number of halogens is 1. The van der Waals surface area contributed by atoms with Crippen LogP contribution in [-0.2, 0) is 16.1 Å². The van der Waals surface area contributed by atoms with Gasteiger partial charge in [0, 0.05) is 12.1 Å². The highest BCUT2D eigenvalue weighted by atomic mass is 35.5. The van der Waals surface area contributed by atoms with E-state index in [9.17, 15) is 9.90 Å². The summed E-state index contributed by atoms with van der Waals surface area (Å²) in [6.45, 7) is -0.00359. The minimum atomic E-state index is -0.796. The average Bonchev–Trinajstić information content (AvgIpc) is 3.23. The zero-order chi connectivity index (χ0) is 22.5. The molecule has 32 heavy (non-hydrogen) atoms. The second-order valence-corrected chi connectivity index (χ2v) is 7.54. The largest absolute Gasteiger partial charge is 0.468 e. The van der Waals surface area contributed by atoms with Gasteiger partial charge < -0.3 is 19.7 Å². The van der Waals surface area contributed by atoms with Crippen LogP contribution >= 0.6 is 11.6 Å². The average molecular weight is 452 g/mol. The van der Waals surface area contributed by atoms with Crippen molar-refractivity contribution in [1.29, 1.82) is 0 Å². The van der Waals surface area contributed by atoms with Crippen molar-refractivity contribution in [1.82, 2.24) is 10.5 Å². The number of anilines is 2. The molecule has 4 aromatic rings. The van der Waals surface area contributed by atoms with E-state index in [1.165, 1.54) is 7.11 Å². The summed E-state index contributed by atoms with van der Waals surface area (Å²) in [7, 11) is 1.28. The fourth-order valence-electron chi connectivity index (χ4n) is 3.39. The topological polar surface area (TPSA) is 96.6 Å². The minimum absolute atomic E-state index is 0.352. The van der Waals surface area contributed by atoms with Gasteiger partial charge in [0.2, 0.25) is 0 Å². The predicted molar refractivity (Wildman–Crippen MR) is 124 cm³/mol. The third-order valence-corrected chi connectivity index (χ3v) is 5.50. The molecule has 0 aliphatic carbocycles. The van der Waals surface area contributed by atoms with Gasteiger partial charge in [-0.3, -0.25) is 10.1 Å². The number of rotatable bonds is 8. The zero-order valence-corrected chi connectivity index (χ0v) is 18.1. The van der Waals surface area contributed by atoms with E-state index in [1.54, 1.807) is 6.07 Å². The Morgan fingerprint density at radius 2 is 1.97 bits per heavy atom. The van der Waals surface area contributed by atoms with E-state index in [2.05, 4.69) is 20.5 Å². The smallest absolute Gasteiger partial charge is 0.325 e. The molecule has 0 radical (unpaired) electrons. The number of aromatic nitrogens is 1. The van der Waals surface area contributed by atoms with Gasteiger partial charge in [-0.1, -0.05) is 65.3 Å². The molecule has 0 amide bonds. The summed E-state index contributed by atoms with van der Waals surface area (Å²) in [6, 6.07) is 20.4. The number of methoxy groups -OCH3 is 1. The Kier molecular flexibility index (Phi) is 6.70. The van der Waals surface area contributed by atoms with Gasteiger partial charge in [-0.25, -0.2) is 0 Å². The first kappa shape index (κ1) is 21.8. The van der Waals surface area contributed by atoms with E-state index in [0.29, 0.717) is 28.7 Å². The predicted octanol–water partition coefficient (Wildman–Crippen LogP) is 4.52. The lowest BCUT2D eigenvalue weighted by atomic mass is 10.0. The number of fused-ring (bicyclic) bond motifs is 1. The lowest BCUT2D eigenvalue weighted by Crippen LogP contribution is -2.40. The molecule has 1 aromatic heterocycles. The zero-order valence-electron chi connectivity index (χ0n) is 17.3. The SMILES string of the molecule is COC(=O)[C@H](CO)NCc1ccc2onc(Nc3cccc(-c4ccccc4)c3Cl)c2c1. The fraction of sp³-hybridized carbons (Fsp3) is 0.167. The molecular formula is C24H22ClN3O4. The Bertz CT molecular complexity index is 1230. The third-order valence-electron chi connectivity index (χ3n) is 5.09. The van der Waals surface area contributed by atoms with Crippen LogP contribution in [0.2, 0.25) is 5.02 Å². The van der Waals surface area contributed by atoms with E-state index in [4.69, 9.17) is 16.1 Å². The number of esters is 1. The number of aliphatic hydroxyl groups excluding tert-OH is 1. The van der Waals surface area contributed by atoms with Crippen molar-refractivity contribution < 1.29 is 19.2 Å². The van der Waals surface area contributed by atoms with Crippen LogP contribution in [-0.4, -0.2) is 36.0 Å². The van der Waals surface area contributed by atoms with Gasteiger partial charge in [-0.15, -0.1) is 0 Å². The number of hydrogen-bond acceptors (Lipinski definition) is 7. The summed E-state index contributed by atoms with van der Waals surface area (Å²) >= 11 is 6.69. The Balaban J connectivity index is 1.58. The molecule has 0 fully saturated rings. The van der Waals surface area contributed by atoms with E-state index in [0.717, 1.165) is 22.1 Å². The van der Waals surface area contributed by atoms with Gasteiger partial charge in [-0.2, -0.15) is 0 Å². The quantitative estimate of drug-likeness (QED) is 0.339. The fourth-order valence-corrected chi connectivity index (χ4v) is 3.67. The van der Waals surface area contributed by atoms with Crippen molar-refractivity contribution in [2.24, 2.45) is 0 Å². The molecule has 0 saturated heterocycles. The maximum atomic E-state index is 11.7. The van der Waals surface area contributed by atoms with Gasteiger partial charge in [0.05, 0.1) is 29.8 Å². The van der Waals surface area contributed by atoms with Crippen LogP contribution < -0.4 is 10.6 Å². The molecule has 1 atom stereocenters. The van der Waals surface area contributed by atoms with Crippen molar-refractivity contribution in [2.75, 3.05) is 19.0 Å². The third kappa shape index (κ3) is 4.60. The molecule has 0 spiro atoms. The van der Waals surface area contributed by atoms with Crippen molar-refractivity contribution >= 4 is 40.0 Å². The molecule has 0 bridgehead atoms. The van der Waals surface area contributed by atoms with Gasteiger partial charge in [0.25, 0.3) is 0 Å². The van der Waals surface area contributed by atoms with E-state index >= 15 is 0 Å². The van der Waals surface area contributed by atoms with Crippen LogP contribution in [0.1, 0.15) is 5.56 Å². The highest BCUT2D eigenvalue weighted by Gasteiger charge is 2.18. The second kappa shape index (κ2) is 9.82. The number of hydrogen-bond donors (Lipinski definition) is 3. The molecule has 3 N–H and O–H groups in total. The normalized spacial score (nSPS) is 12.0. The highest BCUT2D eigenvalue weighted by Crippen LogP contribution is 2.36. The Hall–Kier alpha value is -3.39. The van der Waals surface area contributed by atoms with Crippen LogP contribution in [0, 0.1) is 0 Å². The first-order chi connectivity index (χ1) is 15.6. The summed E-state index contributed by atoms with van der Waals surface area (Å²) in [6.07, 6.45) is 0. The van der Waals surface area contributed by atoms with Crippen LogP contribution in [0.5, 0.6) is 0 Å². The van der Waals surface area contributed by atoms with Crippen LogP contribution in [0.3, 0.4) is 0 Å². The molecule has 1 heterocycles. The summed E-state index contributed by atoms with van der Waals surface area (Å²) in [5, 5.41) is 21.1. The molecule has 4 rings (SSSR count). The number of ether oxygens (including phenoxy) is 1. The molecule has 8 heteroatoms. The summed E-state index contributed by atoms with van der Waals surface area (Å²) in [5.74, 6) is 0.00879. The number of aliphatic hydroxyl groups is 1. The molecule has 0 aliphatic heterocycles. The van der Waals surface area contributed by atoms with Crippen LogP contribution in [0.4, 0.5) is 11.5 Å². The van der Waals surface area contributed by atoms with Gasteiger partial charge in [-0.05, 0) is 29.3 Å². The second-order valence-electron chi connectivity index (χ2n) is 7.16. The van der Waals surface area contributed by atoms with Gasteiger partial charge in [0.1, 0.15) is 6.04 Å². The van der Waals surface area contributed by atoms with E-state index < -0.39 is 12.0 Å². The lowest BCUT2D eigenvalue weighted by Gasteiger charge is -2.13. The molecule has 3 aromatic carbocycles. The summed E-state index contributed by atoms with van der Waals surface area (Å²) in [5.41, 5.74) is 4.13. The Morgan fingerprint density at radius 1 is 1.16 bits per heavy atom. The Morgan fingerprint density at radius 3 is 2.72 bits per heavy atom. The van der Waals surface area contributed by atoms with Crippen molar-refractivity contribution in [3.05, 3.63) is 77.3 Å². The maximum absolute atomic E-state index is 11.7. The summed E-state index contributed by atoms with van der Waals surface area (Å²) < 4.78 is 10.1. The lowest BCUT2D eigenvalue weighted by molar-refractivity contribution is -0.144. The van der Waals surface area contributed by atoms with Crippen molar-refractivity contribution in [3.63, 3.8) is 0 Å². The molecule has 7 nitrogen and oxygen atoms in total. The monoisotopic (exact) mass is 451 g/mol. The molecule has 164 valence electrons. The number of nitrogens with one attached hydrogen (secondary N) is 2. The van der Waals surface area contributed by atoms with Crippen molar-refractivity contribution in [2.45, 2.75) is 12.6 Å². The molecule has 0 unspecified atom stereocenters. The van der Waals surface area contributed by atoms with Crippen LogP contribution in [0.25, 0.3) is 22.1 Å². The highest BCUT2D eigenvalue weighted by molar-refractivity contribution is 6.36. The van der Waals surface area contributed by atoms with Crippen LogP contribution in [0.15, 0.2) is 71.3 Å². The summed E-state index contributed by atoms with van der Waals surface area (Å²) in [4.78, 5) is 11.7. The van der Waals surface area contributed by atoms with E-state index in [-0.39, 0.29) is 6.61 Å². The molecule has 0 aliphatic rings. The maximum Gasteiger partial charge on any atom is 0.325 e. The first-order valence-electron chi connectivity index (χ1n) is 10.0. The van der Waals surface area contributed by atoms with E-state index in [1.807, 2.05) is 60.7 Å². The molecule has 0 saturated carbocycles. The standard InChI is InChI=1S/C24H22ClN3O4/c1-31-24(30)20(14-29)26-13-15-10-11-21-18(12-15)23(28-32-21)27-19-9-5-8-17(22(19)25)16-6-3-2-4-7-16/h2-12,20,26,29H,13-14H2,1H3,(H,27,28)/t20-/m0/s1. The van der Waals surface area contributed by atoms with Crippen molar-refractivity contribution in [3.8, 4) is 11.1 Å². The number of benzene rings is 3. The minimum Gasteiger partial charge on any atom is -0.468 e. The van der Waals surface area contributed by atoms with Gasteiger partial charge >= 0.3 is 5.97 Å².